The van der Waals surface area contributed by atoms with Crippen LogP contribution in [0.15, 0.2) is 17.1 Å². The standard InChI is InChI=1S/C10H17N3O2/c1-2-11-9-7-10(15)13(12-8-9)5-3-4-6-14/h7-8,11,14H,2-6H2,1H3. The first-order valence-corrected chi connectivity index (χ1v) is 5.20. The number of aliphatic hydroxyl groups excluding tert-OH is 1. The van der Waals surface area contributed by atoms with E-state index < -0.39 is 0 Å². The summed E-state index contributed by atoms with van der Waals surface area (Å²) in [6.45, 7) is 3.46. The Morgan fingerprint density at radius 3 is 2.93 bits per heavy atom. The molecule has 0 aliphatic carbocycles. The number of anilines is 1. The number of aryl methyl sites for hydroxylation is 1. The van der Waals surface area contributed by atoms with Crippen LogP contribution in [0.5, 0.6) is 0 Å². The fraction of sp³-hybridized carbons (Fsp3) is 0.600. The molecule has 0 unspecified atom stereocenters. The van der Waals surface area contributed by atoms with Gasteiger partial charge in [-0.25, -0.2) is 4.68 Å². The van der Waals surface area contributed by atoms with Gasteiger partial charge in [-0.15, -0.1) is 0 Å². The maximum absolute atomic E-state index is 11.5. The molecule has 0 amide bonds. The number of aliphatic hydroxyl groups is 1. The summed E-state index contributed by atoms with van der Waals surface area (Å²) < 4.78 is 1.41. The van der Waals surface area contributed by atoms with Crippen molar-refractivity contribution in [3.63, 3.8) is 0 Å². The zero-order valence-electron chi connectivity index (χ0n) is 8.94. The van der Waals surface area contributed by atoms with E-state index in [0.29, 0.717) is 13.0 Å². The molecule has 1 heterocycles. The fourth-order valence-corrected chi connectivity index (χ4v) is 1.28. The molecule has 15 heavy (non-hydrogen) atoms. The summed E-state index contributed by atoms with van der Waals surface area (Å²) in [6.07, 6.45) is 3.11. The van der Waals surface area contributed by atoms with Crippen molar-refractivity contribution < 1.29 is 5.11 Å². The van der Waals surface area contributed by atoms with Gasteiger partial charge in [-0.3, -0.25) is 4.79 Å². The molecule has 0 aliphatic heterocycles. The monoisotopic (exact) mass is 211 g/mol. The number of nitrogens with one attached hydrogen (secondary N) is 1. The van der Waals surface area contributed by atoms with Crippen molar-refractivity contribution in [3.05, 3.63) is 22.6 Å². The SMILES string of the molecule is CCNc1cnn(CCCCO)c(=O)c1. The van der Waals surface area contributed by atoms with E-state index in [1.807, 2.05) is 6.92 Å². The average molecular weight is 211 g/mol. The van der Waals surface area contributed by atoms with Crippen LogP contribution in [0.3, 0.4) is 0 Å². The third-order valence-electron chi connectivity index (χ3n) is 2.03. The Kier molecular flexibility index (Phi) is 4.83. The van der Waals surface area contributed by atoms with E-state index >= 15 is 0 Å². The minimum atomic E-state index is -0.105. The maximum Gasteiger partial charge on any atom is 0.268 e. The Hall–Kier alpha value is -1.36. The molecular formula is C10H17N3O2. The quantitative estimate of drug-likeness (QED) is 0.670. The largest absolute Gasteiger partial charge is 0.396 e. The van der Waals surface area contributed by atoms with E-state index in [1.54, 1.807) is 6.20 Å². The van der Waals surface area contributed by atoms with Gasteiger partial charge in [0.15, 0.2) is 0 Å². The van der Waals surface area contributed by atoms with Crippen LogP contribution in [-0.4, -0.2) is 28.0 Å². The van der Waals surface area contributed by atoms with Crippen molar-refractivity contribution >= 4 is 5.69 Å². The summed E-state index contributed by atoms with van der Waals surface area (Å²) in [5.41, 5.74) is 0.646. The summed E-state index contributed by atoms with van der Waals surface area (Å²) in [6, 6.07) is 1.54. The zero-order chi connectivity index (χ0) is 11.1. The summed E-state index contributed by atoms with van der Waals surface area (Å²) in [4.78, 5) is 11.5. The van der Waals surface area contributed by atoms with Gasteiger partial charge in [0.1, 0.15) is 0 Å². The highest BCUT2D eigenvalue weighted by Crippen LogP contribution is 1.99. The van der Waals surface area contributed by atoms with Crippen molar-refractivity contribution in [2.24, 2.45) is 0 Å². The Balaban J connectivity index is 2.62. The maximum atomic E-state index is 11.5. The molecule has 0 saturated carbocycles. The first-order chi connectivity index (χ1) is 7.27. The van der Waals surface area contributed by atoms with Gasteiger partial charge in [0.25, 0.3) is 5.56 Å². The van der Waals surface area contributed by atoms with Crippen LogP contribution < -0.4 is 10.9 Å². The third kappa shape index (κ3) is 3.71. The van der Waals surface area contributed by atoms with Gasteiger partial charge < -0.3 is 10.4 Å². The number of unbranched alkanes of at least 4 members (excludes halogenated alkanes) is 1. The summed E-state index contributed by atoms with van der Waals surface area (Å²) >= 11 is 0. The lowest BCUT2D eigenvalue weighted by atomic mass is 10.3. The molecule has 5 heteroatoms. The van der Waals surface area contributed by atoms with Crippen LogP contribution in [0.4, 0.5) is 5.69 Å². The molecule has 0 bridgehead atoms. The van der Waals surface area contributed by atoms with Gasteiger partial charge in [-0.05, 0) is 19.8 Å². The van der Waals surface area contributed by atoms with Crippen LogP contribution in [0.25, 0.3) is 0 Å². The molecule has 0 radical (unpaired) electrons. The zero-order valence-corrected chi connectivity index (χ0v) is 8.94. The summed E-state index contributed by atoms with van der Waals surface area (Å²) in [7, 11) is 0. The first kappa shape index (κ1) is 11.7. The predicted molar refractivity (Wildman–Crippen MR) is 59.0 cm³/mol. The number of hydrogen-bond donors (Lipinski definition) is 2. The van der Waals surface area contributed by atoms with Gasteiger partial charge in [0.2, 0.25) is 0 Å². The number of aromatic nitrogens is 2. The Labute approximate surface area is 88.7 Å². The normalized spacial score (nSPS) is 10.3. The lowest BCUT2D eigenvalue weighted by Crippen LogP contribution is -2.22. The Morgan fingerprint density at radius 1 is 1.53 bits per heavy atom. The Morgan fingerprint density at radius 2 is 2.33 bits per heavy atom. The van der Waals surface area contributed by atoms with E-state index in [4.69, 9.17) is 5.11 Å². The molecule has 0 saturated heterocycles. The molecule has 0 aliphatic rings. The second-order valence-electron chi connectivity index (χ2n) is 3.27. The van der Waals surface area contributed by atoms with E-state index in [2.05, 4.69) is 10.4 Å². The molecule has 1 rings (SSSR count). The van der Waals surface area contributed by atoms with Crippen molar-refractivity contribution in [1.29, 1.82) is 0 Å². The second kappa shape index (κ2) is 6.19. The lowest BCUT2D eigenvalue weighted by molar-refractivity contribution is 0.279. The molecule has 0 fully saturated rings. The molecule has 1 aromatic heterocycles. The fourth-order valence-electron chi connectivity index (χ4n) is 1.28. The topological polar surface area (TPSA) is 67.2 Å². The van der Waals surface area contributed by atoms with Gasteiger partial charge in [0, 0.05) is 25.8 Å². The summed E-state index contributed by atoms with van der Waals surface area (Å²) in [5.74, 6) is 0. The van der Waals surface area contributed by atoms with Crippen LogP contribution >= 0.6 is 0 Å². The van der Waals surface area contributed by atoms with Gasteiger partial charge in [0.05, 0.1) is 11.9 Å². The van der Waals surface area contributed by atoms with Crippen LogP contribution in [-0.2, 0) is 6.54 Å². The predicted octanol–water partition coefficient (Wildman–Crippen LogP) is 0.448. The van der Waals surface area contributed by atoms with Crippen molar-refractivity contribution in [2.45, 2.75) is 26.3 Å². The second-order valence-corrected chi connectivity index (χ2v) is 3.27. The van der Waals surface area contributed by atoms with Crippen molar-refractivity contribution in [3.8, 4) is 0 Å². The number of nitrogens with zero attached hydrogens (tertiary/aromatic N) is 2. The molecule has 2 N–H and O–H groups in total. The van der Waals surface area contributed by atoms with E-state index in [0.717, 1.165) is 18.7 Å². The molecule has 0 spiro atoms. The van der Waals surface area contributed by atoms with Crippen LogP contribution in [0.2, 0.25) is 0 Å². The average Bonchev–Trinajstić information content (AvgIpc) is 2.22. The highest BCUT2D eigenvalue weighted by Gasteiger charge is 1.98. The summed E-state index contributed by atoms with van der Waals surface area (Å²) in [5, 5.41) is 15.7. The van der Waals surface area contributed by atoms with Gasteiger partial charge >= 0.3 is 0 Å². The van der Waals surface area contributed by atoms with Crippen LogP contribution in [0, 0.1) is 0 Å². The number of hydrogen-bond acceptors (Lipinski definition) is 4. The Bertz CT molecular complexity index is 349. The minimum Gasteiger partial charge on any atom is -0.396 e. The molecule has 5 nitrogen and oxygen atoms in total. The molecule has 1 aromatic rings. The molecule has 0 aromatic carbocycles. The highest BCUT2D eigenvalue weighted by atomic mass is 16.2. The van der Waals surface area contributed by atoms with E-state index in [1.165, 1.54) is 10.7 Å². The number of rotatable bonds is 6. The first-order valence-electron chi connectivity index (χ1n) is 5.20. The third-order valence-corrected chi connectivity index (χ3v) is 2.03. The molecule has 0 atom stereocenters. The minimum absolute atomic E-state index is 0.105. The molecular weight excluding hydrogens is 194 g/mol. The molecule has 84 valence electrons. The van der Waals surface area contributed by atoms with Crippen molar-refractivity contribution in [1.82, 2.24) is 9.78 Å². The smallest absolute Gasteiger partial charge is 0.268 e. The van der Waals surface area contributed by atoms with E-state index in [9.17, 15) is 4.79 Å². The van der Waals surface area contributed by atoms with Gasteiger partial charge in [-0.1, -0.05) is 0 Å². The highest BCUT2D eigenvalue weighted by molar-refractivity contribution is 5.38. The van der Waals surface area contributed by atoms with Gasteiger partial charge in [-0.2, -0.15) is 5.10 Å². The van der Waals surface area contributed by atoms with Crippen LogP contribution in [0.1, 0.15) is 19.8 Å². The van der Waals surface area contributed by atoms with E-state index in [-0.39, 0.29) is 12.2 Å². The lowest BCUT2D eigenvalue weighted by Gasteiger charge is -2.05. The van der Waals surface area contributed by atoms with Crippen molar-refractivity contribution in [2.75, 3.05) is 18.5 Å².